The van der Waals surface area contributed by atoms with Crippen LogP contribution in [-0.4, -0.2) is 30.1 Å². The number of halogens is 2. The first-order chi connectivity index (χ1) is 13.7. The molecule has 0 heterocycles. The third kappa shape index (κ3) is 8.00. The number of ether oxygens (including phenoxy) is 2. The fraction of sp³-hybridized carbons (Fsp3) is 0.211. The molecule has 0 saturated heterocycles. The highest BCUT2D eigenvalue weighted by Crippen LogP contribution is 2.22. The van der Waals surface area contributed by atoms with E-state index in [2.05, 4.69) is 48.0 Å². The molecule has 0 radical (unpaired) electrons. The summed E-state index contributed by atoms with van der Waals surface area (Å²) in [5.74, 6) is 0.248. The van der Waals surface area contributed by atoms with E-state index in [1.165, 1.54) is 0 Å². The fourth-order valence-electron chi connectivity index (χ4n) is 2.13. The number of rotatable bonds is 6. The Morgan fingerprint density at radius 2 is 1.66 bits per heavy atom. The molecule has 0 bridgehead atoms. The van der Waals surface area contributed by atoms with E-state index in [1.807, 2.05) is 38.1 Å². The molecule has 3 N–H and O–H groups in total. The number of aryl methyl sites for hydroxylation is 2. The predicted octanol–water partition coefficient (Wildman–Crippen LogP) is 3.31. The number of benzene rings is 2. The van der Waals surface area contributed by atoms with E-state index in [1.54, 1.807) is 12.1 Å². The zero-order valence-electron chi connectivity index (χ0n) is 15.7. The lowest BCUT2D eigenvalue weighted by Gasteiger charge is -2.13. The molecule has 0 aliphatic carbocycles. The fourth-order valence-corrected chi connectivity index (χ4v) is 3.02. The minimum atomic E-state index is -0.458. The summed E-state index contributed by atoms with van der Waals surface area (Å²) < 4.78 is 12.7. The Kier molecular flexibility index (Phi) is 8.87. The van der Waals surface area contributed by atoms with Gasteiger partial charge in [0.15, 0.2) is 18.3 Å². The summed E-state index contributed by atoms with van der Waals surface area (Å²) >= 11 is 11.7. The SMILES string of the molecule is Cc1cc(OCC(=O)NNC(=S)NC(=O)COc2ccc(Br)cc2C)ccc1Br. The molecule has 0 fully saturated rings. The van der Waals surface area contributed by atoms with Gasteiger partial charge in [-0.3, -0.25) is 25.8 Å². The van der Waals surface area contributed by atoms with Gasteiger partial charge in [-0.1, -0.05) is 31.9 Å². The number of carbonyl (C=O) groups excluding carboxylic acids is 2. The smallest absolute Gasteiger partial charge is 0.276 e. The van der Waals surface area contributed by atoms with Crippen molar-refractivity contribution < 1.29 is 19.1 Å². The van der Waals surface area contributed by atoms with Gasteiger partial charge in [-0.15, -0.1) is 0 Å². The van der Waals surface area contributed by atoms with Crippen LogP contribution in [0.25, 0.3) is 0 Å². The van der Waals surface area contributed by atoms with E-state index in [0.717, 1.165) is 20.1 Å². The summed E-state index contributed by atoms with van der Waals surface area (Å²) in [6, 6.07) is 10.9. The topological polar surface area (TPSA) is 88.7 Å². The summed E-state index contributed by atoms with van der Waals surface area (Å²) in [7, 11) is 0. The standard InChI is InChI=1S/C19H19Br2N3O4S/c1-11-8-14(4-5-15(11)21)27-10-18(26)23-24-19(29)22-17(25)9-28-16-6-3-13(20)7-12(16)2/h3-8H,9-10H2,1-2H3,(H,23,26)(H2,22,24,25,29). The Hall–Kier alpha value is -2.17. The van der Waals surface area contributed by atoms with E-state index in [0.29, 0.717) is 11.5 Å². The van der Waals surface area contributed by atoms with Gasteiger partial charge in [0.2, 0.25) is 0 Å². The van der Waals surface area contributed by atoms with Crippen LogP contribution in [0.1, 0.15) is 11.1 Å². The molecule has 2 aromatic rings. The van der Waals surface area contributed by atoms with E-state index < -0.39 is 11.8 Å². The van der Waals surface area contributed by atoms with Crippen LogP contribution in [-0.2, 0) is 9.59 Å². The summed E-state index contributed by atoms with van der Waals surface area (Å²) in [6.07, 6.45) is 0. The summed E-state index contributed by atoms with van der Waals surface area (Å²) in [5, 5.41) is 2.35. The molecule has 7 nitrogen and oxygen atoms in total. The van der Waals surface area contributed by atoms with Crippen molar-refractivity contribution >= 4 is 61.0 Å². The van der Waals surface area contributed by atoms with Crippen LogP contribution in [0.3, 0.4) is 0 Å². The second-order valence-electron chi connectivity index (χ2n) is 5.95. The second-order valence-corrected chi connectivity index (χ2v) is 8.13. The largest absolute Gasteiger partial charge is 0.484 e. The van der Waals surface area contributed by atoms with Crippen LogP contribution in [0.15, 0.2) is 45.3 Å². The number of hydrogen-bond donors (Lipinski definition) is 3. The zero-order chi connectivity index (χ0) is 21.4. The van der Waals surface area contributed by atoms with Crippen LogP contribution >= 0.6 is 44.1 Å². The highest BCUT2D eigenvalue weighted by Gasteiger charge is 2.09. The van der Waals surface area contributed by atoms with Gasteiger partial charge in [0.25, 0.3) is 11.8 Å². The van der Waals surface area contributed by atoms with Crippen LogP contribution < -0.4 is 25.6 Å². The number of nitrogens with one attached hydrogen (secondary N) is 3. The third-order valence-electron chi connectivity index (χ3n) is 3.56. The Bertz CT molecular complexity index is 924. The maximum Gasteiger partial charge on any atom is 0.276 e. The van der Waals surface area contributed by atoms with E-state index in [4.69, 9.17) is 21.7 Å². The van der Waals surface area contributed by atoms with Crippen molar-refractivity contribution in [2.75, 3.05) is 13.2 Å². The Morgan fingerprint density at radius 1 is 0.931 bits per heavy atom. The monoisotopic (exact) mass is 543 g/mol. The molecule has 2 aromatic carbocycles. The maximum atomic E-state index is 11.9. The van der Waals surface area contributed by atoms with Crippen LogP contribution in [0.5, 0.6) is 11.5 Å². The first-order valence-electron chi connectivity index (χ1n) is 8.41. The minimum absolute atomic E-state index is 0.0565. The summed E-state index contributed by atoms with van der Waals surface area (Å²) in [5.41, 5.74) is 6.67. The molecular formula is C19H19Br2N3O4S. The lowest BCUT2D eigenvalue weighted by atomic mass is 10.2. The molecule has 2 rings (SSSR count). The number of amides is 2. The van der Waals surface area contributed by atoms with Crippen molar-refractivity contribution in [1.29, 1.82) is 0 Å². The zero-order valence-corrected chi connectivity index (χ0v) is 19.7. The molecule has 10 heteroatoms. The quantitative estimate of drug-likeness (QED) is 0.382. The molecule has 0 spiro atoms. The molecule has 0 aromatic heterocycles. The van der Waals surface area contributed by atoms with Crippen molar-refractivity contribution in [3.63, 3.8) is 0 Å². The van der Waals surface area contributed by atoms with Crippen LogP contribution in [0.4, 0.5) is 0 Å². The van der Waals surface area contributed by atoms with Crippen molar-refractivity contribution in [3.05, 3.63) is 56.5 Å². The predicted molar refractivity (Wildman–Crippen MR) is 121 cm³/mol. The van der Waals surface area contributed by atoms with Gasteiger partial charge in [-0.05, 0) is 73.6 Å². The summed E-state index contributed by atoms with van der Waals surface area (Å²) in [4.78, 5) is 23.7. The Labute approximate surface area is 190 Å². The van der Waals surface area contributed by atoms with E-state index in [-0.39, 0.29) is 18.3 Å². The minimum Gasteiger partial charge on any atom is -0.484 e. The Balaban J connectivity index is 1.68. The van der Waals surface area contributed by atoms with Gasteiger partial charge in [0, 0.05) is 8.95 Å². The first kappa shape index (κ1) is 23.1. The molecule has 0 aliphatic rings. The van der Waals surface area contributed by atoms with Crippen molar-refractivity contribution in [2.24, 2.45) is 0 Å². The second kappa shape index (κ2) is 11.1. The first-order valence-corrected chi connectivity index (χ1v) is 10.4. The number of hydrazine groups is 1. The number of thiocarbonyl (C=S) groups is 1. The normalized spacial score (nSPS) is 10.1. The molecule has 154 valence electrons. The molecule has 2 amide bonds. The molecular weight excluding hydrogens is 526 g/mol. The Morgan fingerprint density at radius 3 is 2.34 bits per heavy atom. The molecule has 0 aliphatic heterocycles. The van der Waals surface area contributed by atoms with Gasteiger partial charge in [0.1, 0.15) is 11.5 Å². The van der Waals surface area contributed by atoms with Gasteiger partial charge in [-0.25, -0.2) is 0 Å². The lowest BCUT2D eigenvalue weighted by Crippen LogP contribution is -2.50. The van der Waals surface area contributed by atoms with Crippen molar-refractivity contribution in [2.45, 2.75) is 13.8 Å². The lowest BCUT2D eigenvalue weighted by molar-refractivity contribution is -0.124. The van der Waals surface area contributed by atoms with Crippen LogP contribution in [0, 0.1) is 13.8 Å². The van der Waals surface area contributed by atoms with E-state index >= 15 is 0 Å². The highest BCUT2D eigenvalue weighted by molar-refractivity contribution is 9.10. The average Bonchev–Trinajstić information content (AvgIpc) is 2.66. The van der Waals surface area contributed by atoms with Crippen molar-refractivity contribution in [1.82, 2.24) is 16.2 Å². The number of hydrogen-bond acceptors (Lipinski definition) is 5. The van der Waals surface area contributed by atoms with Gasteiger partial charge < -0.3 is 9.47 Å². The van der Waals surface area contributed by atoms with Gasteiger partial charge >= 0.3 is 0 Å². The van der Waals surface area contributed by atoms with E-state index in [9.17, 15) is 9.59 Å². The van der Waals surface area contributed by atoms with Crippen molar-refractivity contribution in [3.8, 4) is 11.5 Å². The average molecular weight is 545 g/mol. The molecule has 29 heavy (non-hydrogen) atoms. The van der Waals surface area contributed by atoms with Gasteiger partial charge in [-0.2, -0.15) is 0 Å². The number of carbonyl (C=O) groups is 2. The van der Waals surface area contributed by atoms with Gasteiger partial charge in [0.05, 0.1) is 0 Å². The molecule has 0 atom stereocenters. The maximum absolute atomic E-state index is 11.9. The summed E-state index contributed by atoms with van der Waals surface area (Å²) in [6.45, 7) is 3.36. The molecule has 0 unspecified atom stereocenters. The third-order valence-corrected chi connectivity index (χ3v) is 5.15. The molecule has 0 saturated carbocycles. The van der Waals surface area contributed by atoms with Crippen LogP contribution in [0.2, 0.25) is 0 Å². The highest BCUT2D eigenvalue weighted by atomic mass is 79.9.